The maximum atomic E-state index is 13.7. The summed E-state index contributed by atoms with van der Waals surface area (Å²) in [7, 11) is 4.25. The van der Waals surface area contributed by atoms with Crippen molar-refractivity contribution in [3.63, 3.8) is 0 Å². The number of hydrogen-bond donors (Lipinski definition) is 0. The number of fused-ring (bicyclic) bond motifs is 1. The number of carbonyl (C=O) groups excluding carboxylic acids is 1. The predicted octanol–water partition coefficient (Wildman–Crippen LogP) is 8.05. The number of ether oxygens (including phenoxy) is 2. The van der Waals surface area contributed by atoms with Gasteiger partial charge in [-0.3, -0.25) is 4.79 Å². The molecule has 1 aromatic rings. The monoisotopic (exact) mass is 552 g/mol. The fraction of sp³-hybridized carbons (Fsp3) is 0.743. The SMILES string of the molecule is CCCCN(CCCCN(C)C)C(=O)CC1CCC2(CC2C(C)(C)C=C(C)C)C[C@@H](c2ccc3c(c2)OCO3)C1. The molecule has 3 unspecified atom stereocenters. The van der Waals surface area contributed by atoms with E-state index in [0.29, 0.717) is 42.3 Å². The minimum absolute atomic E-state index is 0.206. The minimum Gasteiger partial charge on any atom is -0.454 e. The summed E-state index contributed by atoms with van der Waals surface area (Å²) in [5.41, 5.74) is 3.36. The first-order chi connectivity index (χ1) is 19.0. The molecule has 0 bridgehead atoms. The van der Waals surface area contributed by atoms with E-state index in [-0.39, 0.29) is 5.41 Å². The van der Waals surface area contributed by atoms with Crippen molar-refractivity contribution < 1.29 is 14.3 Å². The van der Waals surface area contributed by atoms with Gasteiger partial charge in [0.1, 0.15) is 0 Å². The van der Waals surface area contributed by atoms with Crippen LogP contribution in [0.25, 0.3) is 0 Å². The number of rotatable bonds is 13. The van der Waals surface area contributed by atoms with Crippen molar-refractivity contribution in [1.82, 2.24) is 9.80 Å². The minimum atomic E-state index is 0.206. The summed E-state index contributed by atoms with van der Waals surface area (Å²) in [6, 6.07) is 6.57. The van der Waals surface area contributed by atoms with Gasteiger partial charge in [0.05, 0.1) is 0 Å². The summed E-state index contributed by atoms with van der Waals surface area (Å²) < 4.78 is 11.4. The molecule has 5 nitrogen and oxygen atoms in total. The van der Waals surface area contributed by atoms with Crippen LogP contribution in [0.5, 0.6) is 11.5 Å². The van der Waals surface area contributed by atoms with Gasteiger partial charge in [-0.1, -0.05) is 44.9 Å². The van der Waals surface area contributed by atoms with Gasteiger partial charge in [-0.05, 0) is 132 Å². The van der Waals surface area contributed by atoms with Gasteiger partial charge in [0.15, 0.2) is 11.5 Å². The largest absolute Gasteiger partial charge is 0.454 e. The Labute approximate surface area is 244 Å². The lowest BCUT2D eigenvalue weighted by Crippen LogP contribution is -2.34. The van der Waals surface area contributed by atoms with Crippen molar-refractivity contribution in [2.24, 2.45) is 22.7 Å². The second-order valence-corrected chi connectivity index (χ2v) is 14.3. The zero-order chi connectivity index (χ0) is 28.9. The number of allylic oxidation sites excluding steroid dienone is 2. The predicted molar refractivity (Wildman–Crippen MR) is 165 cm³/mol. The molecule has 40 heavy (non-hydrogen) atoms. The molecule has 0 aromatic heterocycles. The fourth-order valence-electron chi connectivity index (χ4n) is 7.86. The number of carbonyl (C=O) groups is 1. The van der Waals surface area contributed by atoms with Gasteiger partial charge in [0.25, 0.3) is 0 Å². The summed E-state index contributed by atoms with van der Waals surface area (Å²) in [5.74, 6) is 3.70. The summed E-state index contributed by atoms with van der Waals surface area (Å²) in [5, 5.41) is 0. The lowest BCUT2D eigenvalue weighted by atomic mass is 9.76. The first kappa shape index (κ1) is 30.9. The lowest BCUT2D eigenvalue weighted by molar-refractivity contribution is -0.132. The molecule has 2 fully saturated rings. The average molecular weight is 553 g/mol. The van der Waals surface area contributed by atoms with Gasteiger partial charge in [0, 0.05) is 19.5 Å². The Kier molecular flexibility index (Phi) is 10.3. The Morgan fingerprint density at radius 1 is 1.05 bits per heavy atom. The van der Waals surface area contributed by atoms with Crippen molar-refractivity contribution >= 4 is 5.91 Å². The van der Waals surface area contributed by atoms with Gasteiger partial charge in [0.2, 0.25) is 12.7 Å². The van der Waals surface area contributed by atoms with Crippen molar-refractivity contribution in [3.8, 4) is 11.5 Å². The molecular weight excluding hydrogens is 496 g/mol. The van der Waals surface area contributed by atoms with E-state index in [1.165, 1.54) is 30.4 Å². The third kappa shape index (κ3) is 7.84. The summed E-state index contributed by atoms with van der Waals surface area (Å²) in [6.07, 6.45) is 13.7. The van der Waals surface area contributed by atoms with Crippen LogP contribution in [0.2, 0.25) is 0 Å². The Hall–Kier alpha value is -2.01. The van der Waals surface area contributed by atoms with Crippen molar-refractivity contribution in [2.45, 2.75) is 105 Å². The molecule has 1 amide bonds. The molecular formula is C35H56N2O3. The van der Waals surface area contributed by atoms with Crippen LogP contribution in [-0.4, -0.2) is 56.2 Å². The highest BCUT2D eigenvalue weighted by Gasteiger charge is 2.60. The maximum Gasteiger partial charge on any atom is 0.231 e. The summed E-state index contributed by atoms with van der Waals surface area (Å²) in [4.78, 5) is 18.2. The van der Waals surface area contributed by atoms with Crippen molar-refractivity contribution in [1.29, 1.82) is 0 Å². The molecule has 0 saturated heterocycles. The molecule has 3 aliphatic rings. The standard InChI is InChI=1S/C35H56N2O3/c1-8-9-17-37(18-11-10-16-36(6)7)33(38)20-27-14-15-35(24-32(35)34(4,5)22-26(2)3)23-29(19-27)28-12-13-30-31(21-28)40-25-39-30/h12-13,21-22,27,29,32H,8-11,14-20,23-25H2,1-7H3/t27?,29-,32?,35?/m0/s1. The summed E-state index contributed by atoms with van der Waals surface area (Å²) >= 11 is 0. The number of amides is 1. The first-order valence-corrected chi connectivity index (χ1v) is 16.0. The van der Waals surface area contributed by atoms with Crippen LogP contribution in [0, 0.1) is 22.7 Å². The topological polar surface area (TPSA) is 42.0 Å². The summed E-state index contributed by atoms with van der Waals surface area (Å²) in [6.45, 7) is 14.7. The average Bonchev–Trinajstić information content (AvgIpc) is 3.48. The third-order valence-corrected chi connectivity index (χ3v) is 9.82. The maximum absolute atomic E-state index is 13.7. The molecule has 1 aromatic carbocycles. The van der Waals surface area contributed by atoms with Crippen molar-refractivity contribution in [2.75, 3.05) is 40.5 Å². The zero-order valence-corrected chi connectivity index (χ0v) is 26.6. The molecule has 1 aliphatic heterocycles. The van der Waals surface area contributed by atoms with E-state index in [2.05, 4.69) is 82.8 Å². The van der Waals surface area contributed by atoms with Crippen LogP contribution >= 0.6 is 0 Å². The van der Waals surface area contributed by atoms with Crippen LogP contribution in [-0.2, 0) is 4.79 Å². The van der Waals surface area contributed by atoms with E-state index in [1.54, 1.807) is 0 Å². The first-order valence-electron chi connectivity index (χ1n) is 16.0. The van der Waals surface area contributed by atoms with Gasteiger partial charge >= 0.3 is 0 Å². The van der Waals surface area contributed by atoms with E-state index in [1.807, 2.05) is 0 Å². The molecule has 224 valence electrons. The third-order valence-electron chi connectivity index (χ3n) is 9.82. The highest BCUT2D eigenvalue weighted by molar-refractivity contribution is 5.76. The van der Waals surface area contributed by atoms with Gasteiger partial charge in [-0.25, -0.2) is 0 Å². The normalized spacial score (nSPS) is 25.6. The molecule has 2 saturated carbocycles. The molecule has 4 rings (SSSR count). The molecule has 1 heterocycles. The van der Waals surface area contributed by atoms with Crippen molar-refractivity contribution in [3.05, 3.63) is 35.4 Å². The number of nitrogens with zero attached hydrogens (tertiary/aromatic N) is 2. The van der Waals surface area contributed by atoms with Gasteiger partial charge < -0.3 is 19.3 Å². The molecule has 0 radical (unpaired) electrons. The molecule has 0 N–H and O–H groups in total. The second kappa shape index (κ2) is 13.3. The van der Waals surface area contributed by atoms with Crippen LogP contribution in [0.1, 0.15) is 110 Å². The van der Waals surface area contributed by atoms with Crippen LogP contribution in [0.15, 0.2) is 29.8 Å². The fourth-order valence-corrected chi connectivity index (χ4v) is 7.86. The van der Waals surface area contributed by atoms with E-state index in [4.69, 9.17) is 9.47 Å². The zero-order valence-electron chi connectivity index (χ0n) is 26.6. The van der Waals surface area contributed by atoms with E-state index in [9.17, 15) is 4.79 Å². The van der Waals surface area contributed by atoms with E-state index < -0.39 is 0 Å². The number of hydrogen-bond acceptors (Lipinski definition) is 4. The molecule has 5 heteroatoms. The molecule has 4 atom stereocenters. The van der Waals surface area contributed by atoms with E-state index in [0.717, 1.165) is 69.7 Å². The Morgan fingerprint density at radius 2 is 1.77 bits per heavy atom. The Morgan fingerprint density at radius 3 is 2.50 bits per heavy atom. The quantitative estimate of drug-likeness (QED) is 0.183. The second-order valence-electron chi connectivity index (χ2n) is 14.3. The number of benzene rings is 1. The Balaban J connectivity index is 1.50. The molecule has 2 aliphatic carbocycles. The lowest BCUT2D eigenvalue weighted by Gasteiger charge is -2.28. The van der Waals surface area contributed by atoms with Crippen LogP contribution in [0.4, 0.5) is 0 Å². The van der Waals surface area contributed by atoms with Gasteiger partial charge in [-0.2, -0.15) is 0 Å². The van der Waals surface area contributed by atoms with Crippen LogP contribution < -0.4 is 9.47 Å². The van der Waals surface area contributed by atoms with Gasteiger partial charge in [-0.15, -0.1) is 0 Å². The van der Waals surface area contributed by atoms with Crippen LogP contribution in [0.3, 0.4) is 0 Å². The van der Waals surface area contributed by atoms with E-state index >= 15 is 0 Å². The highest BCUT2D eigenvalue weighted by atomic mass is 16.7. The molecule has 1 spiro atoms. The number of unbranched alkanes of at least 4 members (excludes halogenated alkanes) is 2. The smallest absolute Gasteiger partial charge is 0.231 e. The highest BCUT2D eigenvalue weighted by Crippen LogP contribution is 2.69. The Bertz CT molecular complexity index is 1030.